The Labute approximate surface area is 165 Å². The van der Waals surface area contributed by atoms with Crippen molar-refractivity contribution >= 4 is 33.4 Å². The lowest BCUT2D eigenvalue weighted by Gasteiger charge is -2.27. The molecule has 2 aromatic heterocycles. The fourth-order valence-electron chi connectivity index (χ4n) is 3.85. The molecule has 2 saturated heterocycles. The zero-order chi connectivity index (χ0) is 19.3. The van der Waals surface area contributed by atoms with Crippen LogP contribution in [-0.2, 0) is 9.53 Å². The van der Waals surface area contributed by atoms with E-state index in [1.165, 1.54) is 11.3 Å². The van der Waals surface area contributed by atoms with Gasteiger partial charge in [-0.05, 0) is 25.1 Å². The van der Waals surface area contributed by atoms with Crippen LogP contribution >= 0.6 is 11.3 Å². The summed E-state index contributed by atoms with van der Waals surface area (Å²) in [5, 5.41) is 8.60. The number of nitrogens with one attached hydrogen (secondary N) is 1. The summed E-state index contributed by atoms with van der Waals surface area (Å²) in [6, 6.07) is 11.7. The number of carbonyl (C=O) groups is 2. The molecule has 0 radical (unpaired) electrons. The van der Waals surface area contributed by atoms with E-state index >= 15 is 0 Å². The molecule has 7 nitrogen and oxygen atoms in total. The molecule has 2 amide bonds. The number of thiophene rings is 1. The van der Waals surface area contributed by atoms with Gasteiger partial charge in [0.25, 0.3) is 5.91 Å². The third-order valence-electron chi connectivity index (χ3n) is 5.28. The summed E-state index contributed by atoms with van der Waals surface area (Å²) in [4.78, 5) is 28.9. The number of ether oxygens (including phenoxy) is 1. The maximum atomic E-state index is 13.2. The largest absolute Gasteiger partial charge is 0.378 e. The number of aromatic nitrogens is 2. The van der Waals surface area contributed by atoms with Gasteiger partial charge < -0.3 is 15.0 Å². The monoisotopic (exact) mass is 396 g/mol. The normalized spacial score (nSPS) is 22.2. The molecule has 4 heterocycles. The highest BCUT2D eigenvalue weighted by molar-refractivity contribution is 7.20. The first-order valence-corrected chi connectivity index (χ1v) is 10.1. The number of hydrogen-bond donors (Lipinski definition) is 1. The van der Waals surface area contributed by atoms with E-state index in [9.17, 15) is 9.59 Å². The number of rotatable bonds is 2. The highest BCUT2D eigenvalue weighted by Gasteiger charge is 2.35. The SMILES string of the molecule is Cc1nn(-c2ccccc2)c2sc(C(=O)N3C[C@H]4COC[C@@H](C3)C(=O)N4)cc12. The molecule has 0 saturated carbocycles. The van der Waals surface area contributed by atoms with Gasteiger partial charge in [-0.15, -0.1) is 11.3 Å². The van der Waals surface area contributed by atoms with Crippen LogP contribution in [0.5, 0.6) is 0 Å². The molecule has 2 atom stereocenters. The molecule has 1 aromatic carbocycles. The van der Waals surface area contributed by atoms with Crippen LogP contribution in [-0.4, -0.2) is 58.8 Å². The molecule has 28 heavy (non-hydrogen) atoms. The van der Waals surface area contributed by atoms with Gasteiger partial charge in [0.15, 0.2) is 0 Å². The van der Waals surface area contributed by atoms with Gasteiger partial charge >= 0.3 is 0 Å². The fraction of sp³-hybridized carbons (Fsp3) is 0.350. The van der Waals surface area contributed by atoms with Gasteiger partial charge in [-0.1, -0.05) is 18.2 Å². The van der Waals surface area contributed by atoms with E-state index in [2.05, 4.69) is 10.4 Å². The van der Waals surface area contributed by atoms with Crippen molar-refractivity contribution in [1.82, 2.24) is 20.0 Å². The van der Waals surface area contributed by atoms with Crippen LogP contribution in [0.2, 0.25) is 0 Å². The number of benzene rings is 1. The smallest absolute Gasteiger partial charge is 0.264 e. The summed E-state index contributed by atoms with van der Waals surface area (Å²) in [7, 11) is 0. The van der Waals surface area contributed by atoms with Crippen LogP contribution < -0.4 is 5.32 Å². The van der Waals surface area contributed by atoms with Gasteiger partial charge in [0.2, 0.25) is 5.91 Å². The molecule has 2 aliphatic heterocycles. The highest BCUT2D eigenvalue weighted by Crippen LogP contribution is 2.31. The Morgan fingerprint density at radius 2 is 2.07 bits per heavy atom. The Morgan fingerprint density at radius 3 is 2.89 bits per heavy atom. The molecule has 8 heteroatoms. The maximum Gasteiger partial charge on any atom is 0.264 e. The lowest BCUT2D eigenvalue weighted by Crippen LogP contribution is -2.44. The summed E-state index contributed by atoms with van der Waals surface area (Å²) in [6.07, 6.45) is 0. The molecular formula is C20H20N4O3S. The van der Waals surface area contributed by atoms with Crippen LogP contribution in [0.3, 0.4) is 0 Å². The molecule has 0 spiro atoms. The van der Waals surface area contributed by atoms with E-state index in [0.717, 1.165) is 21.6 Å². The number of amides is 2. The second-order valence-corrected chi connectivity index (χ2v) is 8.34. The standard InChI is InChI=1S/C20H20N4O3S/c1-12-16-7-17(28-20(16)24(22-12)15-5-3-2-4-6-15)19(26)23-8-13-10-27-11-14(9-23)21-18(13)25/h2-7,13-14H,8-11H2,1H3,(H,21,25)/t13-,14+/m1/s1. The van der Waals surface area contributed by atoms with E-state index < -0.39 is 0 Å². The van der Waals surface area contributed by atoms with Crippen molar-refractivity contribution in [2.24, 2.45) is 5.92 Å². The average molecular weight is 396 g/mol. The number of para-hydroxylation sites is 1. The van der Waals surface area contributed by atoms with Crippen molar-refractivity contribution in [3.63, 3.8) is 0 Å². The quantitative estimate of drug-likeness (QED) is 0.719. The van der Waals surface area contributed by atoms with Crippen molar-refractivity contribution in [1.29, 1.82) is 0 Å². The molecule has 2 fully saturated rings. The van der Waals surface area contributed by atoms with Gasteiger partial charge in [0.05, 0.1) is 41.4 Å². The Balaban J connectivity index is 1.49. The van der Waals surface area contributed by atoms with E-state index in [1.54, 1.807) is 4.90 Å². The predicted octanol–water partition coefficient (Wildman–Crippen LogP) is 1.98. The van der Waals surface area contributed by atoms with Crippen molar-refractivity contribution in [2.45, 2.75) is 13.0 Å². The van der Waals surface area contributed by atoms with E-state index in [1.807, 2.05) is 48.0 Å². The number of nitrogens with zero attached hydrogens (tertiary/aromatic N) is 3. The molecule has 0 aliphatic carbocycles. The zero-order valence-corrected chi connectivity index (χ0v) is 16.2. The highest BCUT2D eigenvalue weighted by atomic mass is 32.1. The summed E-state index contributed by atoms with van der Waals surface area (Å²) >= 11 is 1.45. The predicted molar refractivity (Wildman–Crippen MR) is 106 cm³/mol. The summed E-state index contributed by atoms with van der Waals surface area (Å²) < 4.78 is 7.44. The second-order valence-electron chi connectivity index (χ2n) is 7.31. The molecule has 5 rings (SSSR count). The molecular weight excluding hydrogens is 376 g/mol. The Hall–Kier alpha value is -2.71. The Kier molecular flexibility index (Phi) is 4.17. The minimum absolute atomic E-state index is 0.0234. The summed E-state index contributed by atoms with van der Waals surface area (Å²) in [5.41, 5.74) is 1.87. The first kappa shape index (κ1) is 17.4. The van der Waals surface area contributed by atoms with Gasteiger partial charge in [-0.3, -0.25) is 9.59 Å². The third-order valence-corrected chi connectivity index (χ3v) is 6.38. The number of fused-ring (bicyclic) bond motifs is 4. The Bertz CT molecular complexity index is 1060. The number of carbonyl (C=O) groups excluding carboxylic acids is 2. The van der Waals surface area contributed by atoms with E-state index in [-0.39, 0.29) is 23.8 Å². The summed E-state index contributed by atoms with van der Waals surface area (Å²) in [5.74, 6) is -0.370. The van der Waals surface area contributed by atoms with Crippen LogP contribution in [0.15, 0.2) is 36.4 Å². The number of hydrogen-bond acceptors (Lipinski definition) is 5. The Morgan fingerprint density at radius 1 is 1.25 bits per heavy atom. The molecule has 1 N–H and O–H groups in total. The topological polar surface area (TPSA) is 76.5 Å². The maximum absolute atomic E-state index is 13.2. The minimum Gasteiger partial charge on any atom is -0.378 e. The fourth-order valence-corrected chi connectivity index (χ4v) is 5.00. The molecule has 2 aliphatic rings. The second kappa shape index (κ2) is 6.72. The van der Waals surface area contributed by atoms with Crippen LogP contribution in [0.25, 0.3) is 15.9 Å². The molecule has 3 aromatic rings. The van der Waals surface area contributed by atoms with Crippen LogP contribution in [0, 0.1) is 12.8 Å². The number of aryl methyl sites for hydroxylation is 1. The van der Waals surface area contributed by atoms with Crippen molar-refractivity contribution in [3.05, 3.63) is 47.0 Å². The third kappa shape index (κ3) is 2.89. The first-order chi connectivity index (χ1) is 13.6. The van der Waals surface area contributed by atoms with E-state index in [4.69, 9.17) is 4.74 Å². The van der Waals surface area contributed by atoms with Crippen molar-refractivity contribution in [3.8, 4) is 5.69 Å². The van der Waals surface area contributed by atoms with Crippen molar-refractivity contribution in [2.75, 3.05) is 26.3 Å². The lowest BCUT2D eigenvalue weighted by atomic mass is 10.1. The zero-order valence-electron chi connectivity index (χ0n) is 15.4. The van der Waals surface area contributed by atoms with E-state index in [0.29, 0.717) is 31.2 Å². The average Bonchev–Trinajstić information content (AvgIpc) is 3.14. The first-order valence-electron chi connectivity index (χ1n) is 9.32. The molecule has 144 valence electrons. The molecule has 2 bridgehead atoms. The van der Waals surface area contributed by atoms with Gasteiger partial charge in [0.1, 0.15) is 4.83 Å². The molecule has 0 unspecified atom stereocenters. The van der Waals surface area contributed by atoms with Crippen LogP contribution in [0.4, 0.5) is 0 Å². The minimum atomic E-state index is -0.313. The van der Waals surface area contributed by atoms with Gasteiger partial charge in [0, 0.05) is 18.5 Å². The van der Waals surface area contributed by atoms with Gasteiger partial charge in [-0.2, -0.15) is 5.10 Å². The summed E-state index contributed by atoms with van der Waals surface area (Å²) in [6.45, 7) is 3.62. The van der Waals surface area contributed by atoms with Crippen molar-refractivity contribution < 1.29 is 14.3 Å². The van der Waals surface area contributed by atoms with Gasteiger partial charge in [-0.25, -0.2) is 4.68 Å². The lowest BCUT2D eigenvalue weighted by molar-refractivity contribution is -0.125. The van der Waals surface area contributed by atoms with Crippen LogP contribution in [0.1, 0.15) is 15.4 Å².